The Balaban J connectivity index is 2.51. The monoisotopic (exact) mass is 338 g/mol. The van der Waals surface area contributed by atoms with Crippen molar-refractivity contribution >= 4 is 33.4 Å². The van der Waals surface area contributed by atoms with Crippen LogP contribution in [-0.2, 0) is 16.0 Å². The van der Waals surface area contributed by atoms with Crippen molar-refractivity contribution in [3.63, 3.8) is 0 Å². The summed E-state index contributed by atoms with van der Waals surface area (Å²) >= 11 is 3.45. The molecule has 1 aliphatic heterocycles. The van der Waals surface area contributed by atoms with Gasteiger partial charge in [-0.05, 0) is 43.5 Å². The number of hydrogen-bond acceptors (Lipinski definition) is 2. The number of aryl methyl sites for hydroxylation is 1. The quantitative estimate of drug-likeness (QED) is 0.920. The van der Waals surface area contributed by atoms with Crippen LogP contribution in [0.3, 0.4) is 0 Å². The van der Waals surface area contributed by atoms with Gasteiger partial charge in [0.15, 0.2) is 0 Å². The molecule has 2 unspecified atom stereocenters. The van der Waals surface area contributed by atoms with E-state index in [9.17, 15) is 9.59 Å². The zero-order valence-electron chi connectivity index (χ0n) is 11.9. The van der Waals surface area contributed by atoms with Gasteiger partial charge in [0.25, 0.3) is 0 Å². The topological polar surface area (TPSA) is 49.4 Å². The summed E-state index contributed by atoms with van der Waals surface area (Å²) in [6, 6.07) is 4.93. The van der Waals surface area contributed by atoms with Crippen LogP contribution in [0.15, 0.2) is 22.7 Å². The number of piperazine rings is 1. The third kappa shape index (κ3) is 2.59. The first-order chi connectivity index (χ1) is 9.49. The first-order valence-corrected chi connectivity index (χ1v) is 7.70. The number of nitrogens with zero attached hydrogens (tertiary/aromatic N) is 1. The minimum absolute atomic E-state index is 0.0477. The Labute approximate surface area is 127 Å². The summed E-state index contributed by atoms with van der Waals surface area (Å²) in [5.74, 6) is -0.127. The van der Waals surface area contributed by atoms with Gasteiger partial charge in [-0.3, -0.25) is 14.5 Å². The lowest BCUT2D eigenvalue weighted by Crippen LogP contribution is -2.62. The molecule has 20 heavy (non-hydrogen) atoms. The normalized spacial score (nSPS) is 22.9. The van der Waals surface area contributed by atoms with Crippen LogP contribution in [0.25, 0.3) is 0 Å². The molecule has 4 nitrogen and oxygen atoms in total. The van der Waals surface area contributed by atoms with Crippen LogP contribution in [0.4, 0.5) is 5.69 Å². The van der Waals surface area contributed by atoms with Gasteiger partial charge in [-0.1, -0.05) is 29.8 Å². The molecule has 1 N–H and O–H groups in total. The smallest absolute Gasteiger partial charge is 0.250 e. The second-order valence-electron chi connectivity index (χ2n) is 4.99. The van der Waals surface area contributed by atoms with Gasteiger partial charge in [0.05, 0.1) is 0 Å². The Bertz CT molecular complexity index is 545. The molecule has 0 saturated carbocycles. The lowest BCUT2D eigenvalue weighted by Gasteiger charge is -2.38. The third-order valence-corrected chi connectivity index (χ3v) is 4.14. The van der Waals surface area contributed by atoms with Crippen molar-refractivity contribution in [1.29, 1.82) is 0 Å². The van der Waals surface area contributed by atoms with E-state index in [2.05, 4.69) is 21.2 Å². The fourth-order valence-corrected chi connectivity index (χ4v) is 2.99. The molecule has 1 aromatic carbocycles. The van der Waals surface area contributed by atoms with E-state index < -0.39 is 12.1 Å². The molecule has 2 atom stereocenters. The van der Waals surface area contributed by atoms with E-state index in [1.54, 1.807) is 11.8 Å². The van der Waals surface area contributed by atoms with E-state index in [-0.39, 0.29) is 11.8 Å². The zero-order chi connectivity index (χ0) is 14.9. The third-order valence-electron chi connectivity index (χ3n) is 3.65. The van der Waals surface area contributed by atoms with Crippen LogP contribution in [0.5, 0.6) is 0 Å². The number of nitrogens with one attached hydrogen (secondary N) is 1. The molecule has 0 bridgehead atoms. The molecule has 2 rings (SSSR count). The van der Waals surface area contributed by atoms with Crippen molar-refractivity contribution in [3.05, 3.63) is 28.2 Å². The van der Waals surface area contributed by atoms with E-state index in [1.807, 2.05) is 32.0 Å². The Morgan fingerprint density at radius 2 is 2.00 bits per heavy atom. The van der Waals surface area contributed by atoms with Crippen molar-refractivity contribution in [2.24, 2.45) is 0 Å². The molecular formula is C15H19BrN2O2. The maximum atomic E-state index is 12.5. The maximum absolute atomic E-state index is 12.5. The minimum Gasteiger partial charge on any atom is -0.343 e. The number of benzene rings is 1. The van der Waals surface area contributed by atoms with Gasteiger partial charge in [-0.25, -0.2) is 0 Å². The fraction of sp³-hybridized carbons (Fsp3) is 0.467. The second-order valence-corrected chi connectivity index (χ2v) is 5.90. The highest BCUT2D eigenvalue weighted by Crippen LogP contribution is 2.29. The number of hydrogen-bond donors (Lipinski definition) is 1. The van der Waals surface area contributed by atoms with Crippen LogP contribution in [0.2, 0.25) is 0 Å². The summed E-state index contributed by atoms with van der Waals surface area (Å²) in [6.45, 7) is 5.69. The number of amides is 2. The Hall–Kier alpha value is -1.36. The molecule has 0 aliphatic carbocycles. The number of rotatable bonds is 3. The van der Waals surface area contributed by atoms with E-state index >= 15 is 0 Å². The van der Waals surface area contributed by atoms with E-state index in [0.717, 1.165) is 22.1 Å². The standard InChI is InChI=1S/C15H19BrN2O2/c1-4-10-8-11(16)6-7-13(10)18-12(5-2)14(19)17-9(3)15(18)20/h6-9,12H,4-5H2,1-3H3,(H,17,19). The van der Waals surface area contributed by atoms with Crippen molar-refractivity contribution in [2.45, 2.75) is 45.7 Å². The maximum Gasteiger partial charge on any atom is 0.250 e. The van der Waals surface area contributed by atoms with Gasteiger partial charge in [-0.15, -0.1) is 0 Å². The summed E-state index contributed by atoms with van der Waals surface area (Å²) in [5, 5.41) is 2.74. The summed E-state index contributed by atoms with van der Waals surface area (Å²) in [4.78, 5) is 26.3. The van der Waals surface area contributed by atoms with Gasteiger partial charge in [-0.2, -0.15) is 0 Å². The van der Waals surface area contributed by atoms with Crippen molar-refractivity contribution in [3.8, 4) is 0 Å². The molecule has 1 saturated heterocycles. The van der Waals surface area contributed by atoms with E-state index in [0.29, 0.717) is 6.42 Å². The van der Waals surface area contributed by atoms with Crippen LogP contribution in [0.1, 0.15) is 32.8 Å². The molecule has 5 heteroatoms. The second kappa shape index (κ2) is 5.95. The predicted molar refractivity (Wildman–Crippen MR) is 82.7 cm³/mol. The highest BCUT2D eigenvalue weighted by molar-refractivity contribution is 9.10. The lowest BCUT2D eigenvalue weighted by atomic mass is 10.0. The first-order valence-electron chi connectivity index (χ1n) is 6.91. The zero-order valence-corrected chi connectivity index (χ0v) is 13.5. The van der Waals surface area contributed by atoms with Crippen LogP contribution in [0, 0.1) is 0 Å². The predicted octanol–water partition coefficient (Wildman–Crippen LogP) is 2.64. The molecular weight excluding hydrogens is 320 g/mol. The number of anilines is 1. The molecule has 1 fully saturated rings. The lowest BCUT2D eigenvalue weighted by molar-refractivity contribution is -0.133. The largest absolute Gasteiger partial charge is 0.343 e. The summed E-state index contributed by atoms with van der Waals surface area (Å²) in [6.07, 6.45) is 1.41. The molecule has 1 heterocycles. The average molecular weight is 339 g/mol. The van der Waals surface area contributed by atoms with Gasteiger partial charge in [0.2, 0.25) is 11.8 Å². The Morgan fingerprint density at radius 1 is 1.30 bits per heavy atom. The Kier molecular flexibility index (Phi) is 4.48. The molecule has 108 valence electrons. The SMILES string of the molecule is CCc1cc(Br)ccc1N1C(=O)C(C)NC(=O)C1CC. The van der Waals surface area contributed by atoms with Crippen LogP contribution < -0.4 is 10.2 Å². The van der Waals surface area contributed by atoms with Crippen LogP contribution in [-0.4, -0.2) is 23.9 Å². The number of halogens is 1. The van der Waals surface area contributed by atoms with Gasteiger partial charge in [0, 0.05) is 10.2 Å². The van der Waals surface area contributed by atoms with E-state index in [1.165, 1.54) is 0 Å². The molecule has 1 aromatic rings. The highest BCUT2D eigenvalue weighted by Gasteiger charge is 2.39. The first kappa shape index (κ1) is 15.0. The van der Waals surface area contributed by atoms with E-state index in [4.69, 9.17) is 0 Å². The molecule has 0 radical (unpaired) electrons. The van der Waals surface area contributed by atoms with Crippen molar-refractivity contribution in [1.82, 2.24) is 5.32 Å². The van der Waals surface area contributed by atoms with Gasteiger partial charge >= 0.3 is 0 Å². The number of carbonyl (C=O) groups is 2. The van der Waals surface area contributed by atoms with Crippen LogP contribution >= 0.6 is 15.9 Å². The molecule has 0 aromatic heterocycles. The highest BCUT2D eigenvalue weighted by atomic mass is 79.9. The van der Waals surface area contributed by atoms with Gasteiger partial charge < -0.3 is 5.32 Å². The number of carbonyl (C=O) groups excluding carboxylic acids is 2. The molecule has 2 amide bonds. The van der Waals surface area contributed by atoms with Gasteiger partial charge in [0.1, 0.15) is 12.1 Å². The summed E-state index contributed by atoms with van der Waals surface area (Å²) in [7, 11) is 0. The Morgan fingerprint density at radius 3 is 2.60 bits per heavy atom. The summed E-state index contributed by atoms with van der Waals surface area (Å²) < 4.78 is 0.980. The summed E-state index contributed by atoms with van der Waals surface area (Å²) in [5.41, 5.74) is 1.90. The molecule has 1 aliphatic rings. The fourth-order valence-electron chi connectivity index (χ4n) is 2.58. The molecule has 0 spiro atoms. The average Bonchev–Trinajstić information content (AvgIpc) is 2.42. The van der Waals surface area contributed by atoms with Crippen molar-refractivity contribution < 1.29 is 9.59 Å². The minimum atomic E-state index is -0.473. The van der Waals surface area contributed by atoms with Crippen molar-refractivity contribution in [2.75, 3.05) is 4.90 Å².